The fourth-order valence-electron chi connectivity index (χ4n) is 2.94. The van der Waals surface area contributed by atoms with Gasteiger partial charge in [0.25, 0.3) is 0 Å². The van der Waals surface area contributed by atoms with Crippen LogP contribution < -0.4 is 33.2 Å². The molecular formula is C20H38N6O6S. The molecule has 0 aliphatic heterocycles. The van der Waals surface area contributed by atoms with Crippen LogP contribution in [0.1, 0.15) is 52.4 Å². The van der Waals surface area contributed by atoms with Gasteiger partial charge >= 0.3 is 5.97 Å². The van der Waals surface area contributed by atoms with Gasteiger partial charge in [-0.2, -0.15) is 12.6 Å². The van der Waals surface area contributed by atoms with Gasteiger partial charge in [-0.1, -0.05) is 13.8 Å². The Hall–Kier alpha value is -2.38. The molecule has 33 heavy (non-hydrogen) atoms. The van der Waals surface area contributed by atoms with Crippen molar-refractivity contribution in [2.24, 2.45) is 23.1 Å². The number of nitrogens with two attached hydrogens (primary N) is 3. The summed E-state index contributed by atoms with van der Waals surface area (Å²) in [6, 6.07) is -4.35. The number of amides is 4. The fraction of sp³-hybridized carbons (Fsp3) is 0.750. The van der Waals surface area contributed by atoms with Crippen LogP contribution in [0.5, 0.6) is 0 Å². The molecule has 0 aliphatic carbocycles. The minimum Gasteiger partial charge on any atom is -0.480 e. The first kappa shape index (κ1) is 30.6. The third-order valence-electron chi connectivity index (χ3n) is 4.75. The minimum absolute atomic E-state index is 0.0764. The van der Waals surface area contributed by atoms with Gasteiger partial charge in [-0.25, -0.2) is 4.79 Å². The molecule has 4 atom stereocenters. The molecule has 13 heteroatoms. The van der Waals surface area contributed by atoms with Crippen LogP contribution in [0.25, 0.3) is 0 Å². The van der Waals surface area contributed by atoms with Gasteiger partial charge in [0.1, 0.15) is 18.1 Å². The first-order valence-corrected chi connectivity index (χ1v) is 11.5. The number of hydrogen-bond acceptors (Lipinski definition) is 8. The van der Waals surface area contributed by atoms with Gasteiger partial charge in [-0.05, 0) is 44.6 Å². The molecule has 12 nitrogen and oxygen atoms in total. The number of carbonyl (C=O) groups excluding carboxylic acids is 4. The number of aliphatic carboxylic acids is 1. The van der Waals surface area contributed by atoms with Gasteiger partial charge in [-0.15, -0.1) is 0 Å². The Morgan fingerprint density at radius 3 is 1.91 bits per heavy atom. The number of carboxylic acid groups (broad SMARTS) is 1. The van der Waals surface area contributed by atoms with E-state index in [0.717, 1.165) is 0 Å². The summed E-state index contributed by atoms with van der Waals surface area (Å²) in [6.45, 7) is 4.19. The van der Waals surface area contributed by atoms with E-state index in [1.807, 2.05) is 13.8 Å². The van der Waals surface area contributed by atoms with Crippen LogP contribution in [-0.2, 0) is 24.0 Å². The van der Waals surface area contributed by atoms with Gasteiger partial charge in [0, 0.05) is 12.2 Å². The summed E-state index contributed by atoms with van der Waals surface area (Å²) in [5.74, 6) is -3.89. The molecule has 0 aromatic heterocycles. The molecule has 0 saturated carbocycles. The van der Waals surface area contributed by atoms with Crippen LogP contribution >= 0.6 is 12.6 Å². The molecule has 0 aliphatic rings. The molecule has 0 spiro atoms. The van der Waals surface area contributed by atoms with E-state index in [9.17, 15) is 29.1 Å². The highest BCUT2D eigenvalue weighted by molar-refractivity contribution is 7.80. The van der Waals surface area contributed by atoms with Crippen LogP contribution in [0, 0.1) is 5.92 Å². The molecule has 4 amide bonds. The Morgan fingerprint density at radius 1 is 0.879 bits per heavy atom. The average molecular weight is 491 g/mol. The summed E-state index contributed by atoms with van der Waals surface area (Å²) in [6.07, 6.45) is 1.26. The first-order chi connectivity index (χ1) is 15.4. The lowest BCUT2D eigenvalue weighted by molar-refractivity contribution is -0.142. The van der Waals surface area contributed by atoms with Crippen LogP contribution in [-0.4, -0.2) is 71.2 Å². The topological polar surface area (TPSA) is 220 Å². The van der Waals surface area contributed by atoms with Crippen molar-refractivity contribution in [2.45, 2.75) is 76.5 Å². The SMILES string of the molecule is CC(C)CC(N)C(=O)NC(CS)C(=O)NC(CCC(N)=O)C(=O)NC(CCCCN)C(=O)O. The normalized spacial score (nSPS) is 14.6. The largest absolute Gasteiger partial charge is 0.480 e. The number of primary amides is 1. The predicted molar refractivity (Wildman–Crippen MR) is 126 cm³/mol. The zero-order valence-electron chi connectivity index (χ0n) is 19.2. The van der Waals surface area contributed by atoms with Crippen LogP contribution in [0.3, 0.4) is 0 Å². The molecule has 0 aromatic rings. The molecule has 190 valence electrons. The standard InChI is InChI=1S/C20H38N6O6S/c1-11(2)9-12(22)17(28)26-15(10-33)19(30)24-13(6-7-16(23)27)18(29)25-14(20(31)32)5-3-4-8-21/h11-15,33H,3-10,21-22H2,1-2H3,(H2,23,27)(H,24,30)(H,25,29)(H,26,28)(H,31,32). The van der Waals surface area contributed by atoms with E-state index in [0.29, 0.717) is 25.8 Å². The van der Waals surface area contributed by atoms with E-state index >= 15 is 0 Å². The van der Waals surface area contributed by atoms with Crippen molar-refractivity contribution in [1.29, 1.82) is 0 Å². The molecule has 0 fully saturated rings. The Kier molecular flexibility index (Phi) is 15.1. The van der Waals surface area contributed by atoms with Gasteiger partial charge in [0.05, 0.1) is 6.04 Å². The van der Waals surface area contributed by atoms with E-state index in [2.05, 4.69) is 28.6 Å². The summed E-state index contributed by atoms with van der Waals surface area (Å²) in [4.78, 5) is 60.4. The lowest BCUT2D eigenvalue weighted by Crippen LogP contribution is -2.57. The summed E-state index contributed by atoms with van der Waals surface area (Å²) in [7, 11) is 0. The van der Waals surface area contributed by atoms with Crippen molar-refractivity contribution in [3.05, 3.63) is 0 Å². The van der Waals surface area contributed by atoms with Crippen molar-refractivity contribution in [1.82, 2.24) is 16.0 Å². The third kappa shape index (κ3) is 13.0. The van der Waals surface area contributed by atoms with E-state index in [1.165, 1.54) is 0 Å². The highest BCUT2D eigenvalue weighted by Gasteiger charge is 2.30. The smallest absolute Gasteiger partial charge is 0.326 e. The van der Waals surface area contributed by atoms with Gasteiger partial charge in [0.2, 0.25) is 23.6 Å². The molecule has 0 radical (unpaired) electrons. The second-order valence-corrected chi connectivity index (χ2v) is 8.59. The van der Waals surface area contributed by atoms with E-state index in [4.69, 9.17) is 17.2 Å². The number of unbranched alkanes of at least 4 members (excludes halogenated alkanes) is 1. The van der Waals surface area contributed by atoms with Gasteiger partial charge in [-0.3, -0.25) is 19.2 Å². The maximum atomic E-state index is 12.7. The number of carboxylic acids is 1. The number of carbonyl (C=O) groups is 5. The quantitative estimate of drug-likeness (QED) is 0.0858. The molecule has 0 rings (SSSR count). The monoisotopic (exact) mass is 490 g/mol. The van der Waals surface area contributed by atoms with E-state index in [1.54, 1.807) is 0 Å². The highest BCUT2D eigenvalue weighted by Crippen LogP contribution is 2.06. The summed E-state index contributed by atoms with van der Waals surface area (Å²) >= 11 is 4.08. The van der Waals surface area contributed by atoms with Gasteiger partial charge in [0.15, 0.2) is 0 Å². The predicted octanol–water partition coefficient (Wildman–Crippen LogP) is -1.78. The molecule has 0 bridgehead atoms. The van der Waals surface area contributed by atoms with Crippen LogP contribution in [0.2, 0.25) is 0 Å². The maximum absolute atomic E-state index is 12.7. The maximum Gasteiger partial charge on any atom is 0.326 e. The van der Waals surface area contributed by atoms with E-state index < -0.39 is 53.8 Å². The minimum atomic E-state index is -1.25. The Bertz CT molecular complexity index is 677. The second kappa shape index (κ2) is 16.3. The number of thiol groups is 1. The molecule has 4 unspecified atom stereocenters. The zero-order chi connectivity index (χ0) is 25.6. The van der Waals surface area contributed by atoms with Crippen molar-refractivity contribution < 1.29 is 29.1 Å². The Balaban J connectivity index is 5.29. The van der Waals surface area contributed by atoms with Crippen molar-refractivity contribution in [2.75, 3.05) is 12.3 Å². The zero-order valence-corrected chi connectivity index (χ0v) is 20.1. The summed E-state index contributed by atoms with van der Waals surface area (Å²) < 4.78 is 0. The summed E-state index contributed by atoms with van der Waals surface area (Å²) in [5, 5.41) is 16.7. The van der Waals surface area contributed by atoms with Crippen molar-refractivity contribution >= 4 is 42.2 Å². The second-order valence-electron chi connectivity index (χ2n) is 8.23. The van der Waals surface area contributed by atoms with Gasteiger partial charge < -0.3 is 38.3 Å². The van der Waals surface area contributed by atoms with Crippen LogP contribution in [0.4, 0.5) is 0 Å². The van der Waals surface area contributed by atoms with Crippen molar-refractivity contribution in [3.63, 3.8) is 0 Å². The fourth-order valence-corrected chi connectivity index (χ4v) is 3.20. The molecule has 0 saturated heterocycles. The summed E-state index contributed by atoms with van der Waals surface area (Å²) in [5.41, 5.74) is 16.4. The number of nitrogens with one attached hydrogen (secondary N) is 3. The molecular weight excluding hydrogens is 452 g/mol. The first-order valence-electron chi connectivity index (χ1n) is 10.9. The Morgan fingerprint density at radius 2 is 1.42 bits per heavy atom. The Labute approximate surface area is 199 Å². The van der Waals surface area contributed by atoms with E-state index in [-0.39, 0.29) is 30.9 Å². The average Bonchev–Trinajstić information content (AvgIpc) is 2.72. The molecule has 0 aromatic carbocycles. The lowest BCUT2D eigenvalue weighted by Gasteiger charge is -2.24. The lowest BCUT2D eigenvalue weighted by atomic mass is 10.0. The number of rotatable bonds is 17. The highest BCUT2D eigenvalue weighted by atomic mass is 32.1. The number of hydrogen-bond donors (Lipinski definition) is 8. The van der Waals surface area contributed by atoms with Crippen molar-refractivity contribution in [3.8, 4) is 0 Å². The molecule has 0 heterocycles. The molecule has 10 N–H and O–H groups in total. The third-order valence-corrected chi connectivity index (χ3v) is 5.12. The van der Waals surface area contributed by atoms with Crippen LogP contribution in [0.15, 0.2) is 0 Å².